The third-order valence-corrected chi connectivity index (χ3v) is 5.52. The number of nitriles is 1. The third-order valence-electron chi connectivity index (χ3n) is 5.52. The van der Waals surface area contributed by atoms with Crippen molar-refractivity contribution in [3.63, 3.8) is 0 Å². The predicted octanol–water partition coefficient (Wildman–Crippen LogP) is 3.08. The standard InChI is InChI=1S/C26H28N4O4/c1-16(2)29-15-17-10-12-19(13-11-17)30-23(26(32)34-4)22(25(31)33-3)21(20(14-27)24(30)28)18-8-6-5-7-9-18/h5-13,16,21,29H,15,28H2,1-4H3. The third kappa shape index (κ3) is 4.80. The number of anilines is 1. The molecule has 0 spiro atoms. The van der Waals surface area contributed by atoms with Gasteiger partial charge in [-0.05, 0) is 23.3 Å². The summed E-state index contributed by atoms with van der Waals surface area (Å²) in [5.74, 6) is -2.37. The van der Waals surface area contributed by atoms with Gasteiger partial charge in [-0.2, -0.15) is 5.26 Å². The van der Waals surface area contributed by atoms with Gasteiger partial charge in [0.1, 0.15) is 11.5 Å². The molecule has 0 saturated heterocycles. The maximum Gasteiger partial charge on any atom is 0.355 e. The van der Waals surface area contributed by atoms with Gasteiger partial charge in [0.2, 0.25) is 0 Å². The Labute approximate surface area is 199 Å². The average Bonchev–Trinajstić information content (AvgIpc) is 2.86. The van der Waals surface area contributed by atoms with E-state index in [1.807, 2.05) is 18.2 Å². The molecule has 0 aliphatic carbocycles. The highest BCUT2D eigenvalue weighted by Gasteiger charge is 2.42. The fraction of sp³-hybridized carbons (Fsp3) is 0.269. The number of rotatable bonds is 7. The van der Waals surface area contributed by atoms with Crippen LogP contribution in [0.1, 0.15) is 30.9 Å². The van der Waals surface area contributed by atoms with Crippen molar-refractivity contribution in [1.82, 2.24) is 5.32 Å². The Balaban J connectivity index is 2.24. The lowest BCUT2D eigenvalue weighted by Crippen LogP contribution is -2.40. The second-order valence-electron chi connectivity index (χ2n) is 8.04. The summed E-state index contributed by atoms with van der Waals surface area (Å²) in [4.78, 5) is 27.5. The number of allylic oxidation sites excluding steroid dienone is 1. The minimum absolute atomic E-state index is 0.0168. The highest BCUT2D eigenvalue weighted by molar-refractivity contribution is 6.06. The Morgan fingerprint density at radius 3 is 2.21 bits per heavy atom. The molecule has 0 radical (unpaired) electrons. The number of carbonyl (C=O) groups is 2. The van der Waals surface area contributed by atoms with Crippen LogP contribution in [0, 0.1) is 11.3 Å². The van der Waals surface area contributed by atoms with E-state index in [0.29, 0.717) is 23.8 Å². The molecule has 0 amide bonds. The Morgan fingerprint density at radius 1 is 1.06 bits per heavy atom. The molecule has 2 aromatic carbocycles. The van der Waals surface area contributed by atoms with Gasteiger partial charge in [0.15, 0.2) is 0 Å². The predicted molar refractivity (Wildman–Crippen MR) is 128 cm³/mol. The second kappa shape index (κ2) is 10.7. The molecule has 0 aromatic heterocycles. The zero-order valence-electron chi connectivity index (χ0n) is 19.7. The van der Waals surface area contributed by atoms with Crippen LogP contribution in [0.3, 0.4) is 0 Å². The van der Waals surface area contributed by atoms with E-state index in [4.69, 9.17) is 15.2 Å². The molecule has 176 valence electrons. The molecule has 0 saturated carbocycles. The van der Waals surface area contributed by atoms with Crippen LogP contribution in [-0.2, 0) is 25.6 Å². The second-order valence-corrected chi connectivity index (χ2v) is 8.04. The molecule has 34 heavy (non-hydrogen) atoms. The van der Waals surface area contributed by atoms with Crippen LogP contribution in [0.25, 0.3) is 0 Å². The molecule has 0 fully saturated rings. The van der Waals surface area contributed by atoms with Crippen molar-refractivity contribution < 1.29 is 19.1 Å². The Morgan fingerprint density at radius 2 is 1.68 bits per heavy atom. The van der Waals surface area contributed by atoms with Crippen molar-refractivity contribution in [2.45, 2.75) is 32.4 Å². The molecule has 1 aliphatic heterocycles. The fourth-order valence-electron chi connectivity index (χ4n) is 3.87. The summed E-state index contributed by atoms with van der Waals surface area (Å²) in [5.41, 5.74) is 8.67. The normalized spacial score (nSPS) is 15.9. The summed E-state index contributed by atoms with van der Waals surface area (Å²) < 4.78 is 10.1. The van der Waals surface area contributed by atoms with Gasteiger partial charge in [0.05, 0.1) is 37.4 Å². The first-order chi connectivity index (χ1) is 16.3. The van der Waals surface area contributed by atoms with Crippen LogP contribution >= 0.6 is 0 Å². The van der Waals surface area contributed by atoms with E-state index in [-0.39, 0.29) is 22.7 Å². The van der Waals surface area contributed by atoms with Crippen LogP contribution in [0.15, 0.2) is 77.3 Å². The van der Waals surface area contributed by atoms with Crippen LogP contribution in [-0.4, -0.2) is 32.2 Å². The number of esters is 2. The quantitative estimate of drug-likeness (QED) is 0.606. The van der Waals surface area contributed by atoms with E-state index >= 15 is 0 Å². The van der Waals surface area contributed by atoms with E-state index in [0.717, 1.165) is 5.56 Å². The van der Waals surface area contributed by atoms with Gasteiger partial charge in [-0.15, -0.1) is 0 Å². The lowest BCUT2D eigenvalue weighted by molar-refractivity contribution is -0.139. The molecule has 1 unspecified atom stereocenters. The monoisotopic (exact) mass is 460 g/mol. The maximum absolute atomic E-state index is 13.0. The zero-order chi connectivity index (χ0) is 24.8. The van der Waals surface area contributed by atoms with E-state index in [2.05, 4.69) is 25.2 Å². The van der Waals surface area contributed by atoms with Crippen molar-refractivity contribution >= 4 is 17.6 Å². The Kier molecular flexibility index (Phi) is 7.71. The largest absolute Gasteiger partial charge is 0.466 e. The number of nitrogens with zero attached hydrogens (tertiary/aromatic N) is 2. The number of hydrogen-bond acceptors (Lipinski definition) is 8. The number of ether oxygens (including phenoxy) is 2. The molecule has 1 heterocycles. The minimum Gasteiger partial charge on any atom is -0.466 e. The summed E-state index contributed by atoms with van der Waals surface area (Å²) in [7, 11) is 2.45. The SMILES string of the molecule is COC(=O)C1=C(C(=O)OC)N(c2ccc(CNC(C)C)cc2)C(N)=C(C#N)C1c1ccccc1. The van der Waals surface area contributed by atoms with Crippen LogP contribution in [0.4, 0.5) is 5.69 Å². The molecule has 8 heteroatoms. The van der Waals surface area contributed by atoms with Crippen LogP contribution in [0.5, 0.6) is 0 Å². The molecule has 1 atom stereocenters. The maximum atomic E-state index is 13.0. The van der Waals surface area contributed by atoms with Crippen LogP contribution < -0.4 is 16.0 Å². The average molecular weight is 461 g/mol. The van der Waals surface area contributed by atoms with E-state index in [1.54, 1.807) is 36.4 Å². The van der Waals surface area contributed by atoms with E-state index in [1.165, 1.54) is 19.1 Å². The lowest BCUT2D eigenvalue weighted by atomic mass is 9.81. The summed E-state index contributed by atoms with van der Waals surface area (Å²) in [6, 6.07) is 18.7. The van der Waals surface area contributed by atoms with Gasteiger partial charge in [0, 0.05) is 18.3 Å². The Bertz CT molecular complexity index is 1160. The number of nitrogens with one attached hydrogen (secondary N) is 1. The first kappa shape index (κ1) is 24.6. The molecule has 2 aromatic rings. The van der Waals surface area contributed by atoms with E-state index in [9.17, 15) is 14.9 Å². The van der Waals surface area contributed by atoms with E-state index < -0.39 is 17.9 Å². The summed E-state index contributed by atoms with van der Waals surface area (Å²) in [6.07, 6.45) is 0. The molecular weight excluding hydrogens is 432 g/mol. The van der Waals surface area contributed by atoms with Crippen molar-refractivity contribution in [2.75, 3.05) is 19.1 Å². The van der Waals surface area contributed by atoms with Gasteiger partial charge in [0.25, 0.3) is 0 Å². The lowest BCUT2D eigenvalue weighted by Gasteiger charge is -2.36. The van der Waals surface area contributed by atoms with Gasteiger partial charge in [-0.3, -0.25) is 4.90 Å². The molecule has 3 rings (SSSR count). The van der Waals surface area contributed by atoms with Gasteiger partial charge in [-0.25, -0.2) is 9.59 Å². The molecule has 3 N–H and O–H groups in total. The van der Waals surface area contributed by atoms with Crippen molar-refractivity contribution in [1.29, 1.82) is 5.26 Å². The number of hydrogen-bond donors (Lipinski definition) is 2. The van der Waals surface area contributed by atoms with Crippen molar-refractivity contribution in [2.24, 2.45) is 5.73 Å². The van der Waals surface area contributed by atoms with Crippen molar-refractivity contribution in [3.8, 4) is 6.07 Å². The summed E-state index contributed by atoms with van der Waals surface area (Å²) in [6.45, 7) is 4.78. The Hall–Kier alpha value is -4.09. The van der Waals surface area contributed by atoms with Gasteiger partial charge in [-0.1, -0.05) is 56.3 Å². The smallest absolute Gasteiger partial charge is 0.355 e. The highest BCUT2D eigenvalue weighted by atomic mass is 16.5. The fourth-order valence-corrected chi connectivity index (χ4v) is 3.87. The zero-order valence-corrected chi connectivity index (χ0v) is 19.7. The first-order valence-corrected chi connectivity index (χ1v) is 10.8. The highest BCUT2D eigenvalue weighted by Crippen LogP contribution is 2.43. The van der Waals surface area contributed by atoms with Gasteiger partial charge >= 0.3 is 11.9 Å². The van der Waals surface area contributed by atoms with Crippen molar-refractivity contribution in [3.05, 3.63) is 88.4 Å². The molecule has 0 bridgehead atoms. The van der Waals surface area contributed by atoms with Crippen LogP contribution in [0.2, 0.25) is 0 Å². The number of methoxy groups -OCH3 is 2. The number of carbonyl (C=O) groups excluding carboxylic acids is 2. The first-order valence-electron chi connectivity index (χ1n) is 10.8. The molecular formula is C26H28N4O4. The number of benzene rings is 2. The summed E-state index contributed by atoms with van der Waals surface area (Å²) in [5, 5.41) is 13.4. The summed E-state index contributed by atoms with van der Waals surface area (Å²) >= 11 is 0. The number of nitrogens with two attached hydrogens (primary N) is 1. The van der Waals surface area contributed by atoms with Gasteiger partial charge < -0.3 is 20.5 Å². The minimum atomic E-state index is -0.890. The topological polar surface area (TPSA) is 118 Å². The molecule has 8 nitrogen and oxygen atoms in total. The molecule has 1 aliphatic rings.